The van der Waals surface area contributed by atoms with Crippen LogP contribution in [0.15, 0.2) is 24.3 Å². The van der Waals surface area contributed by atoms with Crippen LogP contribution in [-0.4, -0.2) is 28.5 Å². The molecule has 0 bridgehead atoms. The number of thioether (sulfide) groups is 1. The third kappa shape index (κ3) is 2.95. The molecule has 1 amide bonds. The van der Waals surface area contributed by atoms with E-state index >= 15 is 0 Å². The van der Waals surface area contributed by atoms with E-state index in [0.717, 1.165) is 11.6 Å². The minimum Gasteiger partial charge on any atom is -0.324 e. The predicted molar refractivity (Wildman–Crippen MR) is 66.0 cm³/mol. The summed E-state index contributed by atoms with van der Waals surface area (Å²) in [6.07, 6.45) is 0. The Morgan fingerprint density at radius 1 is 1.59 bits per heavy atom. The van der Waals surface area contributed by atoms with Gasteiger partial charge in [0.05, 0.1) is 11.0 Å². The number of nitrogens with zero attached hydrogens (tertiary/aromatic N) is 1. The largest absolute Gasteiger partial charge is 0.324 e. The monoisotopic (exact) mass is 253 g/mol. The minimum absolute atomic E-state index is 0.0310. The number of amides is 1. The van der Waals surface area contributed by atoms with Gasteiger partial charge in [0.25, 0.3) is 5.69 Å². The van der Waals surface area contributed by atoms with Crippen LogP contribution < -0.4 is 10.6 Å². The first-order valence-corrected chi connectivity index (χ1v) is 6.19. The molecule has 1 atom stereocenters. The van der Waals surface area contributed by atoms with Crippen LogP contribution >= 0.6 is 11.8 Å². The van der Waals surface area contributed by atoms with Gasteiger partial charge in [-0.05, 0) is 6.07 Å². The number of non-ortho nitro benzene ring substituents is 1. The number of carbonyl (C=O) groups is 1. The lowest BCUT2D eigenvalue weighted by Gasteiger charge is -2.10. The molecule has 1 aromatic carbocycles. The Balaban J connectivity index is 2.05. The van der Waals surface area contributed by atoms with Gasteiger partial charge in [0, 0.05) is 29.4 Å². The molecule has 90 valence electrons. The average molecular weight is 253 g/mol. The predicted octanol–water partition coefficient (Wildman–Crippen LogP) is 1.20. The fraction of sp³-hybridized carbons (Fsp3) is 0.300. The summed E-state index contributed by atoms with van der Waals surface area (Å²) in [5.41, 5.74) is 0.416. The molecular formula is C10H11N3O3S. The summed E-state index contributed by atoms with van der Waals surface area (Å²) in [6, 6.07) is 5.69. The van der Waals surface area contributed by atoms with E-state index in [-0.39, 0.29) is 17.6 Å². The van der Waals surface area contributed by atoms with Gasteiger partial charge in [-0.15, -0.1) is 11.8 Å². The molecule has 0 aromatic heterocycles. The highest BCUT2D eigenvalue weighted by molar-refractivity contribution is 7.99. The molecule has 2 N–H and O–H groups in total. The molecule has 7 heteroatoms. The molecule has 0 spiro atoms. The van der Waals surface area contributed by atoms with Crippen molar-refractivity contribution in [3.05, 3.63) is 34.4 Å². The summed E-state index contributed by atoms with van der Waals surface area (Å²) >= 11 is 1.65. The van der Waals surface area contributed by atoms with Crippen molar-refractivity contribution in [2.24, 2.45) is 0 Å². The van der Waals surface area contributed by atoms with E-state index in [1.807, 2.05) is 0 Å². The minimum atomic E-state index is -0.487. The van der Waals surface area contributed by atoms with E-state index in [1.54, 1.807) is 23.9 Å². The van der Waals surface area contributed by atoms with Gasteiger partial charge < -0.3 is 5.32 Å². The zero-order chi connectivity index (χ0) is 12.3. The van der Waals surface area contributed by atoms with E-state index in [2.05, 4.69) is 10.6 Å². The molecule has 0 radical (unpaired) electrons. The summed E-state index contributed by atoms with van der Waals surface area (Å²) in [5.74, 6) is 1.32. The Morgan fingerprint density at radius 2 is 2.41 bits per heavy atom. The zero-order valence-electron chi connectivity index (χ0n) is 8.88. The molecule has 2 rings (SSSR count). The van der Waals surface area contributed by atoms with Crippen molar-refractivity contribution >= 4 is 29.0 Å². The van der Waals surface area contributed by atoms with Crippen molar-refractivity contribution in [2.75, 3.05) is 16.9 Å². The molecule has 1 aliphatic rings. The number of hydrogen-bond acceptors (Lipinski definition) is 5. The Bertz CT molecular complexity index is 446. The first kappa shape index (κ1) is 11.9. The molecule has 1 aromatic rings. The molecule has 6 nitrogen and oxygen atoms in total. The van der Waals surface area contributed by atoms with E-state index in [9.17, 15) is 14.9 Å². The number of nitro benzene ring substituents is 1. The van der Waals surface area contributed by atoms with Crippen LogP contribution in [-0.2, 0) is 4.79 Å². The number of anilines is 1. The maximum atomic E-state index is 11.7. The molecule has 1 saturated heterocycles. The maximum Gasteiger partial charge on any atom is 0.271 e. The highest BCUT2D eigenvalue weighted by atomic mass is 32.2. The molecule has 1 heterocycles. The Morgan fingerprint density at radius 3 is 3.06 bits per heavy atom. The van der Waals surface area contributed by atoms with Crippen molar-refractivity contribution in [1.29, 1.82) is 0 Å². The summed E-state index contributed by atoms with van der Waals surface area (Å²) < 4.78 is 0. The Kier molecular flexibility index (Phi) is 3.60. The molecule has 1 aliphatic heterocycles. The normalized spacial score (nSPS) is 18.9. The van der Waals surface area contributed by atoms with Gasteiger partial charge >= 0.3 is 0 Å². The SMILES string of the molecule is O=C(Nc1cccc([N+](=O)[O-])c1)[C@H]1CSCN1. The van der Waals surface area contributed by atoms with Crippen molar-refractivity contribution in [3.63, 3.8) is 0 Å². The Labute approximate surface area is 102 Å². The van der Waals surface area contributed by atoms with Crippen LogP contribution in [0.1, 0.15) is 0 Å². The lowest BCUT2D eigenvalue weighted by Crippen LogP contribution is -2.37. The number of hydrogen-bond donors (Lipinski definition) is 2. The summed E-state index contributed by atoms with van der Waals surface area (Å²) in [5, 5.41) is 16.3. The number of carbonyl (C=O) groups excluding carboxylic acids is 1. The maximum absolute atomic E-state index is 11.7. The van der Waals surface area contributed by atoms with Gasteiger partial charge in [-0.1, -0.05) is 6.07 Å². The van der Waals surface area contributed by atoms with E-state index < -0.39 is 4.92 Å². The smallest absolute Gasteiger partial charge is 0.271 e. The van der Waals surface area contributed by atoms with Gasteiger partial charge in [0.2, 0.25) is 5.91 Å². The zero-order valence-corrected chi connectivity index (χ0v) is 9.70. The fourth-order valence-corrected chi connectivity index (χ4v) is 2.43. The van der Waals surface area contributed by atoms with Gasteiger partial charge in [0.1, 0.15) is 0 Å². The van der Waals surface area contributed by atoms with E-state index in [0.29, 0.717) is 5.69 Å². The van der Waals surface area contributed by atoms with Crippen LogP contribution in [0.4, 0.5) is 11.4 Å². The first-order valence-electron chi connectivity index (χ1n) is 5.03. The second-order valence-electron chi connectivity index (χ2n) is 3.57. The van der Waals surface area contributed by atoms with Crippen molar-refractivity contribution < 1.29 is 9.72 Å². The van der Waals surface area contributed by atoms with Gasteiger partial charge in [0.15, 0.2) is 0 Å². The number of benzene rings is 1. The lowest BCUT2D eigenvalue weighted by atomic mass is 10.2. The van der Waals surface area contributed by atoms with Crippen molar-refractivity contribution in [1.82, 2.24) is 5.32 Å². The van der Waals surface area contributed by atoms with Crippen molar-refractivity contribution in [2.45, 2.75) is 6.04 Å². The first-order chi connectivity index (χ1) is 8.16. The van der Waals surface area contributed by atoms with Crippen LogP contribution in [0.3, 0.4) is 0 Å². The number of rotatable bonds is 3. The second kappa shape index (κ2) is 5.15. The standard InChI is InChI=1S/C10H11N3O3S/c14-10(9-5-17-6-11-9)12-7-2-1-3-8(4-7)13(15)16/h1-4,9,11H,5-6H2,(H,12,14)/t9-/m1/s1. The molecule has 0 aliphatic carbocycles. The molecule has 1 fully saturated rings. The van der Waals surface area contributed by atoms with E-state index in [1.165, 1.54) is 12.1 Å². The summed E-state index contributed by atoms with van der Waals surface area (Å²) in [7, 11) is 0. The van der Waals surface area contributed by atoms with Gasteiger partial charge in [-0.25, -0.2) is 0 Å². The van der Waals surface area contributed by atoms with E-state index in [4.69, 9.17) is 0 Å². The second-order valence-corrected chi connectivity index (χ2v) is 4.60. The third-order valence-corrected chi connectivity index (χ3v) is 3.30. The Hall–Kier alpha value is -1.60. The average Bonchev–Trinajstić information content (AvgIpc) is 2.82. The highest BCUT2D eigenvalue weighted by Crippen LogP contribution is 2.18. The lowest BCUT2D eigenvalue weighted by molar-refractivity contribution is -0.384. The third-order valence-electron chi connectivity index (χ3n) is 2.36. The van der Waals surface area contributed by atoms with Crippen molar-refractivity contribution in [3.8, 4) is 0 Å². The van der Waals surface area contributed by atoms with Crippen LogP contribution in [0.2, 0.25) is 0 Å². The molecule has 0 saturated carbocycles. The number of nitro groups is 1. The van der Waals surface area contributed by atoms with Crippen LogP contribution in [0, 0.1) is 10.1 Å². The molecule has 17 heavy (non-hydrogen) atoms. The summed E-state index contributed by atoms with van der Waals surface area (Å²) in [6.45, 7) is 0. The van der Waals surface area contributed by atoms with Gasteiger partial charge in [-0.2, -0.15) is 0 Å². The number of nitrogens with one attached hydrogen (secondary N) is 2. The topological polar surface area (TPSA) is 84.3 Å². The molecular weight excluding hydrogens is 242 g/mol. The molecule has 0 unspecified atom stereocenters. The van der Waals surface area contributed by atoms with Crippen LogP contribution in [0.25, 0.3) is 0 Å². The quantitative estimate of drug-likeness (QED) is 0.624. The highest BCUT2D eigenvalue weighted by Gasteiger charge is 2.22. The van der Waals surface area contributed by atoms with Crippen LogP contribution in [0.5, 0.6) is 0 Å². The fourth-order valence-electron chi connectivity index (χ4n) is 1.49. The summed E-state index contributed by atoms with van der Waals surface area (Å²) in [4.78, 5) is 21.8. The van der Waals surface area contributed by atoms with Gasteiger partial charge in [-0.3, -0.25) is 20.2 Å².